The Balaban J connectivity index is 1.23. The summed E-state index contributed by atoms with van der Waals surface area (Å²) in [5.41, 5.74) is 0.193. The van der Waals surface area contributed by atoms with E-state index in [0.717, 1.165) is 91.0 Å². The Labute approximate surface area is 230 Å². The van der Waals surface area contributed by atoms with Gasteiger partial charge in [0.15, 0.2) is 0 Å². The Hall–Kier alpha value is -0.950. The van der Waals surface area contributed by atoms with Crippen LogP contribution >= 0.6 is 0 Å². The minimum Gasteiger partial charge on any atom is -0.455 e. The highest BCUT2D eigenvalue weighted by Crippen LogP contribution is 2.63. The predicted molar refractivity (Wildman–Crippen MR) is 147 cm³/mol. The molecule has 0 aromatic carbocycles. The van der Waals surface area contributed by atoms with Crippen LogP contribution in [0.5, 0.6) is 0 Å². The predicted octanol–water partition coefficient (Wildman–Crippen LogP) is 6.55. The molecule has 0 spiro atoms. The van der Waals surface area contributed by atoms with Gasteiger partial charge in [-0.2, -0.15) is 0 Å². The Kier molecular flexibility index (Phi) is 8.38. The zero-order valence-corrected chi connectivity index (χ0v) is 24.4. The Bertz CT molecular complexity index is 810. The molecule has 4 aliphatic carbocycles. The molecule has 38 heavy (non-hydrogen) atoms. The zero-order chi connectivity index (χ0) is 26.9. The quantitative estimate of drug-likeness (QED) is 0.128. The van der Waals surface area contributed by atoms with Crippen molar-refractivity contribution >= 4 is 5.97 Å². The molecule has 2 saturated heterocycles. The molecule has 4 bridgehead atoms. The van der Waals surface area contributed by atoms with Crippen molar-refractivity contribution in [3.05, 3.63) is 12.2 Å². The Morgan fingerprint density at radius 3 is 1.61 bits per heavy atom. The van der Waals surface area contributed by atoms with Crippen molar-refractivity contribution in [2.45, 2.75) is 127 Å². The molecule has 216 valence electrons. The molecule has 2 unspecified atom stereocenters. The molecule has 4 saturated carbocycles. The number of hydrogen-bond acceptors (Lipinski definition) is 6. The first-order valence-electron chi connectivity index (χ1n) is 15.5. The molecule has 6 aliphatic rings. The van der Waals surface area contributed by atoms with Gasteiger partial charge in [-0.3, -0.25) is 0 Å². The first kappa shape index (κ1) is 28.6. The van der Waals surface area contributed by atoms with Crippen molar-refractivity contribution in [2.24, 2.45) is 16.7 Å². The molecular weight excluding hydrogens is 480 g/mol. The summed E-state index contributed by atoms with van der Waals surface area (Å²) in [4.78, 5) is 12.8. The first-order valence-corrected chi connectivity index (χ1v) is 15.5. The molecule has 2 heterocycles. The second-order valence-corrected chi connectivity index (χ2v) is 14.1. The second kappa shape index (κ2) is 11.1. The average molecular weight is 533 g/mol. The zero-order valence-electron chi connectivity index (χ0n) is 24.4. The highest BCUT2D eigenvalue weighted by molar-refractivity contribution is 5.87. The molecule has 6 nitrogen and oxygen atoms in total. The third-order valence-electron chi connectivity index (χ3n) is 10.3. The summed E-state index contributed by atoms with van der Waals surface area (Å²) >= 11 is 0. The van der Waals surface area contributed by atoms with E-state index in [9.17, 15) is 4.79 Å². The standard InChI is InChI=1S/C32H52O6/c1-5-9-28(21-34-22-28)11-7-13-36-30-15-26-16-31(18-30,20-32(17-26,19-30)38-27(33)25(3)4)37-14-8-12-29(10-6-2)23-35-24-29/h26H,3,5-24H2,1-2,4H3. The van der Waals surface area contributed by atoms with E-state index in [1.54, 1.807) is 6.92 Å². The van der Waals surface area contributed by atoms with Crippen molar-refractivity contribution in [2.75, 3.05) is 39.6 Å². The van der Waals surface area contributed by atoms with E-state index < -0.39 is 5.60 Å². The lowest BCUT2D eigenvalue weighted by atomic mass is 9.50. The summed E-state index contributed by atoms with van der Waals surface area (Å²) in [5.74, 6) is 0.206. The lowest BCUT2D eigenvalue weighted by Gasteiger charge is -2.64. The van der Waals surface area contributed by atoms with Gasteiger partial charge in [-0.15, -0.1) is 0 Å². The first-order chi connectivity index (χ1) is 18.2. The fraction of sp³-hybridized carbons (Fsp3) is 0.906. The third-order valence-corrected chi connectivity index (χ3v) is 10.3. The SMILES string of the molecule is C=C(C)C(=O)OC12CC3CC(OCCCC4(CCC)COC4)(CC(OCCCC4(CCC)COC4)(C3)C1)C2. The van der Waals surface area contributed by atoms with Gasteiger partial charge in [0.2, 0.25) is 0 Å². The minimum absolute atomic E-state index is 0.256. The number of esters is 1. The summed E-state index contributed by atoms with van der Waals surface area (Å²) < 4.78 is 31.1. The number of carbonyl (C=O) groups excluding carboxylic acids is 1. The van der Waals surface area contributed by atoms with E-state index in [1.165, 1.54) is 38.5 Å². The van der Waals surface area contributed by atoms with Crippen LogP contribution in [0.3, 0.4) is 0 Å². The summed E-state index contributed by atoms with van der Waals surface area (Å²) in [6.45, 7) is 15.3. The number of rotatable bonds is 16. The molecule has 6 rings (SSSR count). The van der Waals surface area contributed by atoms with Crippen LogP contribution in [0, 0.1) is 16.7 Å². The van der Waals surface area contributed by atoms with Crippen molar-refractivity contribution in [1.82, 2.24) is 0 Å². The number of hydrogen-bond donors (Lipinski definition) is 0. The fourth-order valence-corrected chi connectivity index (χ4v) is 9.04. The highest BCUT2D eigenvalue weighted by atomic mass is 16.6. The molecular formula is C32H52O6. The fourth-order valence-electron chi connectivity index (χ4n) is 9.04. The smallest absolute Gasteiger partial charge is 0.333 e. The van der Waals surface area contributed by atoms with Crippen LogP contribution in [0.25, 0.3) is 0 Å². The van der Waals surface area contributed by atoms with E-state index in [0.29, 0.717) is 22.3 Å². The van der Waals surface area contributed by atoms with E-state index in [4.69, 9.17) is 23.7 Å². The topological polar surface area (TPSA) is 63.2 Å². The van der Waals surface area contributed by atoms with E-state index >= 15 is 0 Å². The van der Waals surface area contributed by atoms with Gasteiger partial charge in [-0.05, 0) is 70.6 Å². The summed E-state index contributed by atoms with van der Waals surface area (Å²) in [6, 6.07) is 0. The average Bonchev–Trinajstić information content (AvgIpc) is 2.79. The van der Waals surface area contributed by atoms with Crippen LogP contribution in [-0.4, -0.2) is 62.4 Å². The molecule has 2 atom stereocenters. The Morgan fingerprint density at radius 2 is 1.21 bits per heavy atom. The molecule has 6 heteroatoms. The van der Waals surface area contributed by atoms with Gasteiger partial charge in [0.05, 0.1) is 37.6 Å². The van der Waals surface area contributed by atoms with Gasteiger partial charge in [0, 0.05) is 48.9 Å². The van der Waals surface area contributed by atoms with Gasteiger partial charge < -0.3 is 23.7 Å². The molecule has 0 aromatic rings. The molecule has 6 fully saturated rings. The van der Waals surface area contributed by atoms with Crippen LogP contribution in [0.1, 0.15) is 111 Å². The van der Waals surface area contributed by atoms with E-state index in [1.807, 2.05) is 0 Å². The number of carbonyl (C=O) groups is 1. The van der Waals surface area contributed by atoms with Crippen molar-refractivity contribution in [1.29, 1.82) is 0 Å². The van der Waals surface area contributed by atoms with Crippen LogP contribution in [0.15, 0.2) is 12.2 Å². The van der Waals surface area contributed by atoms with Crippen LogP contribution in [-0.2, 0) is 28.5 Å². The van der Waals surface area contributed by atoms with Crippen molar-refractivity contribution < 1.29 is 28.5 Å². The van der Waals surface area contributed by atoms with Gasteiger partial charge >= 0.3 is 5.97 Å². The molecule has 0 N–H and O–H groups in total. The minimum atomic E-state index is -0.494. The molecule has 0 radical (unpaired) electrons. The van der Waals surface area contributed by atoms with Gasteiger partial charge in [0.25, 0.3) is 0 Å². The second-order valence-electron chi connectivity index (χ2n) is 14.1. The number of ether oxygens (including phenoxy) is 5. The van der Waals surface area contributed by atoms with E-state index in [-0.39, 0.29) is 17.2 Å². The normalized spacial score (nSPS) is 35.9. The van der Waals surface area contributed by atoms with Crippen LogP contribution < -0.4 is 0 Å². The Morgan fingerprint density at radius 1 is 0.763 bits per heavy atom. The van der Waals surface area contributed by atoms with Crippen LogP contribution in [0.4, 0.5) is 0 Å². The maximum atomic E-state index is 12.8. The highest BCUT2D eigenvalue weighted by Gasteiger charge is 2.66. The molecule has 2 aliphatic heterocycles. The van der Waals surface area contributed by atoms with Crippen LogP contribution in [0.2, 0.25) is 0 Å². The largest absolute Gasteiger partial charge is 0.455 e. The summed E-state index contributed by atoms with van der Waals surface area (Å²) in [6.07, 6.45) is 14.9. The van der Waals surface area contributed by atoms with Crippen molar-refractivity contribution in [3.63, 3.8) is 0 Å². The lowest BCUT2D eigenvalue weighted by Crippen LogP contribution is -2.68. The van der Waals surface area contributed by atoms with Crippen molar-refractivity contribution in [3.8, 4) is 0 Å². The van der Waals surface area contributed by atoms with Gasteiger partial charge in [-0.1, -0.05) is 33.3 Å². The third kappa shape index (κ3) is 5.89. The monoisotopic (exact) mass is 532 g/mol. The van der Waals surface area contributed by atoms with E-state index in [2.05, 4.69) is 20.4 Å². The summed E-state index contributed by atoms with van der Waals surface area (Å²) in [7, 11) is 0. The summed E-state index contributed by atoms with van der Waals surface area (Å²) in [5, 5.41) is 0. The van der Waals surface area contributed by atoms with Gasteiger partial charge in [-0.25, -0.2) is 4.79 Å². The molecule has 0 aromatic heterocycles. The maximum absolute atomic E-state index is 12.8. The maximum Gasteiger partial charge on any atom is 0.333 e. The lowest BCUT2D eigenvalue weighted by molar-refractivity contribution is -0.284. The molecule has 0 amide bonds. The van der Waals surface area contributed by atoms with Gasteiger partial charge in [0.1, 0.15) is 5.60 Å².